The van der Waals surface area contributed by atoms with E-state index in [4.69, 9.17) is 4.74 Å². The number of hydrogen-bond donors (Lipinski definition) is 0. The van der Waals surface area contributed by atoms with Gasteiger partial charge in [-0.15, -0.1) is 0 Å². The summed E-state index contributed by atoms with van der Waals surface area (Å²) in [6.07, 6.45) is 1.63. The van der Waals surface area contributed by atoms with E-state index in [1.54, 1.807) is 50.0 Å². The zero-order chi connectivity index (χ0) is 17.3. The number of carbonyl (C=O) groups excluding carboxylic acids is 1. The van der Waals surface area contributed by atoms with Gasteiger partial charge in [-0.05, 0) is 26.0 Å². The molecule has 0 saturated heterocycles. The lowest BCUT2D eigenvalue weighted by Crippen LogP contribution is -2.25. The Morgan fingerprint density at radius 3 is 2.79 bits per heavy atom. The maximum atomic E-state index is 12.9. The number of nitrogens with zero attached hydrogens (tertiary/aromatic N) is 4. The molecule has 0 spiro atoms. The molecule has 3 rings (SSSR count). The van der Waals surface area contributed by atoms with Crippen molar-refractivity contribution in [1.82, 2.24) is 19.3 Å². The van der Waals surface area contributed by atoms with Crippen LogP contribution in [0.25, 0.3) is 16.7 Å². The number of aromatic nitrogens is 4. The standard InChI is InChI=1S/C17H18N4O3/c1-4-24-15(22)9-12-10-18-20(3)16(12)21-11(2)19-14-8-6-5-7-13(14)17(21)23/h5-8,10H,4,9H2,1-3H3. The molecule has 7 nitrogen and oxygen atoms in total. The van der Waals surface area contributed by atoms with Gasteiger partial charge in [0.1, 0.15) is 11.6 Å². The summed E-state index contributed by atoms with van der Waals surface area (Å²) >= 11 is 0. The zero-order valence-corrected chi connectivity index (χ0v) is 13.8. The Morgan fingerprint density at radius 2 is 2.04 bits per heavy atom. The van der Waals surface area contributed by atoms with Crippen LogP contribution in [0.3, 0.4) is 0 Å². The van der Waals surface area contributed by atoms with Crippen LogP contribution in [0.2, 0.25) is 0 Å². The lowest BCUT2D eigenvalue weighted by molar-refractivity contribution is -0.142. The second-order valence-electron chi connectivity index (χ2n) is 5.42. The highest BCUT2D eigenvalue weighted by atomic mass is 16.5. The third-order valence-corrected chi connectivity index (χ3v) is 3.78. The Morgan fingerprint density at radius 1 is 1.29 bits per heavy atom. The topological polar surface area (TPSA) is 79.0 Å². The molecule has 1 aromatic carbocycles. The Labute approximate surface area is 138 Å². The molecular weight excluding hydrogens is 308 g/mol. The number of benzene rings is 1. The summed E-state index contributed by atoms with van der Waals surface area (Å²) in [4.78, 5) is 29.3. The second-order valence-corrected chi connectivity index (χ2v) is 5.42. The van der Waals surface area contributed by atoms with E-state index >= 15 is 0 Å². The number of fused-ring (bicyclic) bond motifs is 1. The fourth-order valence-corrected chi connectivity index (χ4v) is 2.75. The third-order valence-electron chi connectivity index (χ3n) is 3.78. The van der Waals surface area contributed by atoms with E-state index in [1.807, 2.05) is 6.07 Å². The van der Waals surface area contributed by atoms with Gasteiger partial charge in [0.05, 0.1) is 30.1 Å². The Bertz CT molecular complexity index is 972. The first-order valence-corrected chi connectivity index (χ1v) is 7.68. The lowest BCUT2D eigenvalue weighted by atomic mass is 10.2. The smallest absolute Gasteiger partial charge is 0.310 e. The fourth-order valence-electron chi connectivity index (χ4n) is 2.75. The monoisotopic (exact) mass is 326 g/mol. The largest absolute Gasteiger partial charge is 0.466 e. The summed E-state index contributed by atoms with van der Waals surface area (Å²) in [7, 11) is 1.73. The Balaban J connectivity index is 2.20. The van der Waals surface area contributed by atoms with Crippen LogP contribution in [0.15, 0.2) is 35.3 Å². The van der Waals surface area contributed by atoms with Crippen LogP contribution in [-0.2, 0) is 23.0 Å². The molecule has 0 unspecified atom stereocenters. The van der Waals surface area contributed by atoms with E-state index in [9.17, 15) is 9.59 Å². The van der Waals surface area contributed by atoms with Gasteiger partial charge < -0.3 is 4.74 Å². The summed E-state index contributed by atoms with van der Waals surface area (Å²) in [5, 5.41) is 4.71. The molecule has 0 saturated carbocycles. The van der Waals surface area contributed by atoms with Gasteiger partial charge in [0.25, 0.3) is 5.56 Å². The van der Waals surface area contributed by atoms with Crippen molar-refractivity contribution in [1.29, 1.82) is 0 Å². The van der Waals surface area contributed by atoms with Gasteiger partial charge in [0, 0.05) is 12.6 Å². The van der Waals surface area contributed by atoms with Crippen molar-refractivity contribution >= 4 is 16.9 Å². The van der Waals surface area contributed by atoms with Crippen molar-refractivity contribution < 1.29 is 9.53 Å². The molecule has 0 N–H and O–H groups in total. The van der Waals surface area contributed by atoms with E-state index in [2.05, 4.69) is 10.1 Å². The SMILES string of the molecule is CCOC(=O)Cc1cnn(C)c1-n1c(C)nc2ccccc2c1=O. The summed E-state index contributed by atoms with van der Waals surface area (Å²) < 4.78 is 8.06. The molecule has 0 amide bonds. The van der Waals surface area contributed by atoms with E-state index in [0.29, 0.717) is 34.7 Å². The quantitative estimate of drug-likeness (QED) is 0.679. The normalized spacial score (nSPS) is 11.0. The van der Waals surface area contributed by atoms with Gasteiger partial charge in [-0.1, -0.05) is 12.1 Å². The minimum absolute atomic E-state index is 0.0513. The Hall–Kier alpha value is -2.96. The van der Waals surface area contributed by atoms with Crippen LogP contribution < -0.4 is 5.56 Å². The first kappa shape index (κ1) is 15.9. The van der Waals surface area contributed by atoms with Gasteiger partial charge in [0.15, 0.2) is 0 Å². The maximum absolute atomic E-state index is 12.9. The molecule has 0 aliphatic heterocycles. The van der Waals surface area contributed by atoms with Gasteiger partial charge in [-0.25, -0.2) is 9.55 Å². The number of para-hydroxylation sites is 1. The van der Waals surface area contributed by atoms with E-state index in [0.717, 1.165) is 0 Å². The van der Waals surface area contributed by atoms with Crippen molar-refractivity contribution in [2.75, 3.05) is 6.61 Å². The molecule has 0 aliphatic rings. The molecule has 0 radical (unpaired) electrons. The van der Waals surface area contributed by atoms with Crippen LogP contribution in [-0.4, -0.2) is 31.9 Å². The fraction of sp³-hybridized carbons (Fsp3) is 0.294. The minimum atomic E-state index is -0.355. The van der Waals surface area contributed by atoms with E-state index in [1.165, 1.54) is 4.57 Å². The molecule has 124 valence electrons. The predicted octanol–water partition coefficient (Wildman–Crippen LogP) is 1.53. The number of carbonyl (C=O) groups is 1. The highest BCUT2D eigenvalue weighted by Gasteiger charge is 2.19. The molecule has 7 heteroatoms. The summed E-state index contributed by atoms with van der Waals surface area (Å²) in [5.74, 6) is 0.711. The lowest BCUT2D eigenvalue weighted by Gasteiger charge is -2.13. The first-order valence-electron chi connectivity index (χ1n) is 7.68. The van der Waals surface area contributed by atoms with Crippen LogP contribution in [0.1, 0.15) is 18.3 Å². The van der Waals surface area contributed by atoms with Gasteiger partial charge in [0.2, 0.25) is 0 Å². The van der Waals surface area contributed by atoms with Crippen LogP contribution >= 0.6 is 0 Å². The molecule has 24 heavy (non-hydrogen) atoms. The molecule has 0 bridgehead atoms. The Kier molecular flexibility index (Phi) is 4.16. The average molecular weight is 326 g/mol. The maximum Gasteiger partial charge on any atom is 0.310 e. The second kappa shape index (κ2) is 6.27. The third kappa shape index (κ3) is 2.68. The highest BCUT2D eigenvalue weighted by Crippen LogP contribution is 2.17. The van der Waals surface area contributed by atoms with Crippen LogP contribution in [0.4, 0.5) is 0 Å². The number of aryl methyl sites for hydroxylation is 2. The van der Waals surface area contributed by atoms with Gasteiger partial charge >= 0.3 is 5.97 Å². The zero-order valence-electron chi connectivity index (χ0n) is 13.8. The average Bonchev–Trinajstić information content (AvgIpc) is 2.89. The van der Waals surface area contributed by atoms with Crippen molar-refractivity contribution in [2.45, 2.75) is 20.3 Å². The first-order chi connectivity index (χ1) is 11.5. The molecule has 3 aromatic rings. The molecule has 0 aliphatic carbocycles. The van der Waals surface area contributed by atoms with Crippen molar-refractivity contribution in [2.24, 2.45) is 7.05 Å². The van der Waals surface area contributed by atoms with Gasteiger partial charge in [-0.2, -0.15) is 5.10 Å². The molecule has 2 heterocycles. The highest BCUT2D eigenvalue weighted by molar-refractivity contribution is 5.78. The van der Waals surface area contributed by atoms with Gasteiger partial charge in [-0.3, -0.25) is 14.3 Å². The van der Waals surface area contributed by atoms with Crippen LogP contribution in [0, 0.1) is 6.92 Å². The van der Waals surface area contributed by atoms with Crippen molar-refractivity contribution in [3.05, 3.63) is 52.2 Å². The van der Waals surface area contributed by atoms with E-state index < -0.39 is 0 Å². The summed E-state index contributed by atoms with van der Waals surface area (Å²) in [5.41, 5.74) is 1.08. The molecule has 0 fully saturated rings. The predicted molar refractivity (Wildman–Crippen MR) is 89.2 cm³/mol. The summed E-state index contributed by atoms with van der Waals surface area (Å²) in [6, 6.07) is 7.18. The van der Waals surface area contributed by atoms with Crippen molar-refractivity contribution in [3.63, 3.8) is 0 Å². The molecule has 2 aromatic heterocycles. The van der Waals surface area contributed by atoms with Crippen LogP contribution in [0.5, 0.6) is 0 Å². The summed E-state index contributed by atoms with van der Waals surface area (Å²) in [6.45, 7) is 3.82. The van der Waals surface area contributed by atoms with Crippen molar-refractivity contribution in [3.8, 4) is 5.82 Å². The molecular formula is C17H18N4O3. The molecule has 0 atom stereocenters. The minimum Gasteiger partial charge on any atom is -0.466 e. The number of ether oxygens (including phenoxy) is 1. The number of esters is 1. The van der Waals surface area contributed by atoms with E-state index in [-0.39, 0.29) is 17.9 Å². The number of hydrogen-bond acceptors (Lipinski definition) is 5. The number of rotatable bonds is 4.